The maximum absolute atomic E-state index is 12.8. The molecule has 0 aromatic carbocycles. The number of amides is 3. The van der Waals surface area contributed by atoms with Crippen molar-refractivity contribution in [3.8, 4) is 0 Å². The second kappa shape index (κ2) is 14.4. The molecule has 196 valence electrons. The van der Waals surface area contributed by atoms with Gasteiger partial charge in [0.1, 0.15) is 17.7 Å². The Hall–Kier alpha value is -1.97. The fraction of sp³-hybridized carbons (Fsp3) is 0.833. The van der Waals surface area contributed by atoms with E-state index in [2.05, 4.69) is 16.0 Å². The fourth-order valence-electron chi connectivity index (χ4n) is 3.93. The Balaban J connectivity index is 2.51. The highest BCUT2D eigenvalue weighted by molar-refractivity contribution is 7.98. The number of carbonyl (C=O) groups excluding carboxylic acids is 3. The van der Waals surface area contributed by atoms with Crippen LogP contribution in [0.15, 0.2) is 0 Å². The van der Waals surface area contributed by atoms with Crippen LogP contribution in [0.5, 0.6) is 0 Å². The van der Waals surface area contributed by atoms with Crippen LogP contribution in [-0.4, -0.2) is 65.2 Å². The zero-order chi connectivity index (χ0) is 25.9. The maximum atomic E-state index is 12.8. The molecule has 0 heterocycles. The lowest BCUT2D eigenvalue weighted by Crippen LogP contribution is -2.49. The predicted molar refractivity (Wildman–Crippen MR) is 134 cm³/mol. The van der Waals surface area contributed by atoms with Crippen molar-refractivity contribution < 1.29 is 29.0 Å². The molecule has 0 aromatic heterocycles. The van der Waals surface area contributed by atoms with E-state index in [1.54, 1.807) is 32.5 Å². The number of carboxylic acid groups (broad SMARTS) is 1. The van der Waals surface area contributed by atoms with Gasteiger partial charge in [0.05, 0.1) is 0 Å². The number of carbonyl (C=O) groups is 4. The average Bonchev–Trinajstić information content (AvgIpc) is 2.72. The smallest absolute Gasteiger partial charge is 0.408 e. The Morgan fingerprint density at radius 3 is 2.15 bits per heavy atom. The first kappa shape index (κ1) is 30.1. The SMILES string of the molecule is CSCC[C@H](NC(=O)C1CCC(CNC(=O)[C@H](CC(C)C)NC(=O)OC(C)(C)C)CC1)C(=O)O. The Labute approximate surface area is 207 Å². The highest BCUT2D eigenvalue weighted by Crippen LogP contribution is 2.28. The molecule has 0 saturated heterocycles. The first-order chi connectivity index (χ1) is 15.8. The summed E-state index contributed by atoms with van der Waals surface area (Å²) in [5.41, 5.74) is -0.646. The van der Waals surface area contributed by atoms with Crippen LogP contribution in [0, 0.1) is 17.8 Å². The summed E-state index contributed by atoms with van der Waals surface area (Å²) in [6, 6.07) is -1.53. The molecule has 1 saturated carbocycles. The van der Waals surface area contributed by atoms with Crippen molar-refractivity contribution >= 4 is 35.6 Å². The van der Waals surface area contributed by atoms with Gasteiger partial charge in [-0.2, -0.15) is 11.8 Å². The van der Waals surface area contributed by atoms with Gasteiger partial charge >= 0.3 is 12.1 Å². The number of hydrogen-bond acceptors (Lipinski definition) is 6. The highest BCUT2D eigenvalue weighted by atomic mass is 32.2. The molecular formula is C24H43N3O6S. The van der Waals surface area contributed by atoms with Gasteiger partial charge in [-0.25, -0.2) is 9.59 Å². The molecule has 10 heteroatoms. The standard InChI is InChI=1S/C24H43N3O6S/c1-15(2)13-19(27-23(32)33-24(3,4)5)21(29)25-14-16-7-9-17(10-8-16)20(28)26-18(22(30)31)11-12-34-6/h15-19H,7-14H2,1-6H3,(H,25,29)(H,26,28)(H,27,32)(H,30,31)/t16?,17?,18-,19-/m0/s1. The summed E-state index contributed by atoms with van der Waals surface area (Å²) in [6.45, 7) is 9.76. The Bertz CT molecular complexity index is 687. The van der Waals surface area contributed by atoms with Crippen LogP contribution in [0.1, 0.15) is 73.1 Å². The summed E-state index contributed by atoms with van der Waals surface area (Å²) in [6.07, 6.45) is 5.05. The molecule has 1 fully saturated rings. The first-order valence-corrected chi connectivity index (χ1v) is 13.5. The average molecular weight is 502 g/mol. The number of rotatable bonds is 12. The van der Waals surface area contributed by atoms with E-state index in [0.717, 1.165) is 12.8 Å². The summed E-state index contributed by atoms with van der Waals surface area (Å²) in [7, 11) is 0. The van der Waals surface area contributed by atoms with E-state index in [4.69, 9.17) is 4.74 Å². The van der Waals surface area contributed by atoms with Gasteiger partial charge in [0.2, 0.25) is 11.8 Å². The van der Waals surface area contributed by atoms with E-state index >= 15 is 0 Å². The number of nitrogens with one attached hydrogen (secondary N) is 3. The molecule has 0 bridgehead atoms. The first-order valence-electron chi connectivity index (χ1n) is 12.1. The lowest BCUT2D eigenvalue weighted by molar-refractivity contribution is -0.142. The fourth-order valence-corrected chi connectivity index (χ4v) is 4.40. The Morgan fingerprint density at radius 1 is 1.03 bits per heavy atom. The normalized spacial score (nSPS) is 20.2. The van der Waals surface area contributed by atoms with Crippen molar-refractivity contribution in [1.82, 2.24) is 16.0 Å². The monoisotopic (exact) mass is 501 g/mol. The van der Waals surface area contributed by atoms with E-state index in [1.807, 2.05) is 20.1 Å². The van der Waals surface area contributed by atoms with Crippen LogP contribution in [0.3, 0.4) is 0 Å². The third kappa shape index (κ3) is 11.9. The predicted octanol–water partition coefficient (Wildman–Crippen LogP) is 3.17. The Kier molecular flexibility index (Phi) is 12.8. The van der Waals surface area contributed by atoms with Gasteiger partial charge in [-0.15, -0.1) is 0 Å². The molecule has 4 N–H and O–H groups in total. The maximum Gasteiger partial charge on any atom is 0.408 e. The van der Waals surface area contributed by atoms with Gasteiger partial charge in [0.15, 0.2) is 0 Å². The third-order valence-corrected chi connectivity index (χ3v) is 6.37. The molecule has 0 radical (unpaired) electrons. The molecular weight excluding hydrogens is 458 g/mol. The van der Waals surface area contributed by atoms with Crippen molar-refractivity contribution in [2.24, 2.45) is 17.8 Å². The number of hydrogen-bond donors (Lipinski definition) is 4. The molecule has 0 aliphatic heterocycles. The summed E-state index contributed by atoms with van der Waals surface area (Å²) in [5, 5.41) is 17.6. The molecule has 0 aromatic rings. The van der Waals surface area contributed by atoms with Crippen LogP contribution in [0.4, 0.5) is 4.79 Å². The van der Waals surface area contributed by atoms with Crippen molar-refractivity contribution in [3.05, 3.63) is 0 Å². The zero-order valence-electron chi connectivity index (χ0n) is 21.4. The Morgan fingerprint density at radius 2 is 1.65 bits per heavy atom. The second-order valence-corrected chi connectivity index (χ2v) is 11.5. The lowest BCUT2D eigenvalue weighted by atomic mass is 9.81. The number of aliphatic carboxylic acids is 1. The van der Waals surface area contributed by atoms with Gasteiger partial charge in [0.25, 0.3) is 0 Å². The van der Waals surface area contributed by atoms with Crippen molar-refractivity contribution in [2.45, 2.75) is 90.8 Å². The highest BCUT2D eigenvalue weighted by Gasteiger charge is 2.30. The van der Waals surface area contributed by atoms with Crippen LogP contribution in [0.25, 0.3) is 0 Å². The van der Waals surface area contributed by atoms with E-state index < -0.39 is 29.7 Å². The van der Waals surface area contributed by atoms with E-state index in [0.29, 0.717) is 38.0 Å². The number of thioether (sulfide) groups is 1. The van der Waals surface area contributed by atoms with Crippen LogP contribution < -0.4 is 16.0 Å². The summed E-state index contributed by atoms with van der Waals surface area (Å²) in [4.78, 5) is 48.8. The van der Waals surface area contributed by atoms with Crippen molar-refractivity contribution in [3.63, 3.8) is 0 Å². The molecule has 9 nitrogen and oxygen atoms in total. The minimum Gasteiger partial charge on any atom is -0.480 e. The van der Waals surface area contributed by atoms with Gasteiger partial charge in [-0.3, -0.25) is 9.59 Å². The zero-order valence-corrected chi connectivity index (χ0v) is 22.3. The van der Waals surface area contributed by atoms with Gasteiger partial charge in [-0.05, 0) is 83.1 Å². The van der Waals surface area contributed by atoms with Crippen molar-refractivity contribution in [2.75, 3.05) is 18.6 Å². The van der Waals surface area contributed by atoms with Gasteiger partial charge in [0, 0.05) is 12.5 Å². The number of alkyl carbamates (subject to hydrolysis) is 1. The number of ether oxygens (including phenoxy) is 1. The largest absolute Gasteiger partial charge is 0.480 e. The molecule has 1 rings (SSSR count). The van der Waals surface area contributed by atoms with E-state index in [9.17, 15) is 24.3 Å². The molecule has 1 aliphatic carbocycles. The molecule has 2 atom stereocenters. The quantitative estimate of drug-likeness (QED) is 0.323. The summed E-state index contributed by atoms with van der Waals surface area (Å²) >= 11 is 1.55. The topological polar surface area (TPSA) is 134 Å². The third-order valence-electron chi connectivity index (χ3n) is 5.72. The molecule has 1 aliphatic rings. The van der Waals surface area contributed by atoms with Crippen LogP contribution >= 0.6 is 11.8 Å². The second-order valence-electron chi connectivity index (χ2n) is 10.5. The summed E-state index contributed by atoms with van der Waals surface area (Å²) < 4.78 is 5.29. The van der Waals surface area contributed by atoms with Crippen LogP contribution in [-0.2, 0) is 19.1 Å². The van der Waals surface area contributed by atoms with Gasteiger partial charge < -0.3 is 25.8 Å². The van der Waals surface area contributed by atoms with E-state index in [-0.39, 0.29) is 29.6 Å². The molecule has 0 spiro atoms. The lowest BCUT2D eigenvalue weighted by Gasteiger charge is -2.29. The van der Waals surface area contributed by atoms with Crippen molar-refractivity contribution in [1.29, 1.82) is 0 Å². The molecule has 34 heavy (non-hydrogen) atoms. The molecule has 0 unspecified atom stereocenters. The van der Waals surface area contributed by atoms with Crippen LogP contribution in [0.2, 0.25) is 0 Å². The molecule has 3 amide bonds. The summed E-state index contributed by atoms with van der Waals surface area (Å²) in [5.74, 6) is -0.525. The minimum atomic E-state index is -1.00. The van der Waals surface area contributed by atoms with E-state index in [1.165, 1.54) is 0 Å². The number of carboxylic acids is 1. The van der Waals surface area contributed by atoms with Gasteiger partial charge in [-0.1, -0.05) is 13.8 Å². The minimum absolute atomic E-state index is 0.199.